The van der Waals surface area contributed by atoms with Crippen molar-refractivity contribution in [2.75, 3.05) is 26.7 Å². The molecule has 0 spiro atoms. The molecule has 2 aliphatic heterocycles. The van der Waals surface area contributed by atoms with Gasteiger partial charge in [0.05, 0.1) is 17.7 Å². The molecule has 2 rings (SSSR count). The van der Waals surface area contributed by atoms with Crippen LogP contribution < -0.4 is 0 Å². The van der Waals surface area contributed by atoms with Crippen LogP contribution >= 0.6 is 11.8 Å². The molecule has 0 radical (unpaired) electrons. The van der Waals surface area contributed by atoms with Gasteiger partial charge in [0.15, 0.2) is 6.10 Å². The normalized spacial score (nSPS) is 25.0. The van der Waals surface area contributed by atoms with Crippen LogP contribution in [-0.2, 0) is 23.9 Å². The Hall–Kier alpha value is -1.54. The van der Waals surface area contributed by atoms with Gasteiger partial charge in [0.2, 0.25) is 0 Å². The third-order valence-corrected chi connectivity index (χ3v) is 5.34. The van der Waals surface area contributed by atoms with Crippen molar-refractivity contribution in [2.45, 2.75) is 44.6 Å². The zero-order valence-corrected chi connectivity index (χ0v) is 15.1. The van der Waals surface area contributed by atoms with Crippen LogP contribution in [0.15, 0.2) is 11.1 Å². The molecule has 2 aliphatic rings. The van der Waals surface area contributed by atoms with E-state index in [1.807, 2.05) is 0 Å². The van der Waals surface area contributed by atoms with Gasteiger partial charge in [0.1, 0.15) is 5.37 Å². The number of likely N-dealkylation sites (N-methyl/N-ethyl adjacent to an activating group) is 1. The Labute approximate surface area is 146 Å². The number of carbonyl (C=O) groups excluding carboxylic acids is 3. The lowest BCUT2D eigenvalue weighted by atomic mass is 10.1. The maximum absolute atomic E-state index is 12.4. The third-order valence-electron chi connectivity index (χ3n) is 3.98. The van der Waals surface area contributed by atoms with E-state index in [0.29, 0.717) is 5.03 Å². The summed E-state index contributed by atoms with van der Waals surface area (Å²) < 4.78 is 9.83. The number of piperidine rings is 1. The Balaban J connectivity index is 1.97. The predicted molar refractivity (Wildman–Crippen MR) is 89.8 cm³/mol. The van der Waals surface area contributed by atoms with E-state index in [2.05, 4.69) is 4.90 Å². The number of thioether (sulfide) groups is 1. The van der Waals surface area contributed by atoms with Gasteiger partial charge in [-0.3, -0.25) is 9.69 Å². The number of rotatable bonds is 5. The summed E-state index contributed by atoms with van der Waals surface area (Å²) in [7, 11) is 1.65. The van der Waals surface area contributed by atoms with Crippen molar-refractivity contribution >= 4 is 29.6 Å². The van der Waals surface area contributed by atoms with Gasteiger partial charge in [0.25, 0.3) is 5.91 Å². The highest BCUT2D eigenvalue weighted by atomic mass is 32.2. The molecule has 2 heterocycles. The van der Waals surface area contributed by atoms with E-state index in [1.54, 1.807) is 14.0 Å². The summed E-state index contributed by atoms with van der Waals surface area (Å²) in [6.07, 6.45) is 3.67. The van der Waals surface area contributed by atoms with E-state index in [-0.39, 0.29) is 17.9 Å². The minimum atomic E-state index is -0.973. The average molecular weight is 356 g/mol. The van der Waals surface area contributed by atoms with Crippen molar-refractivity contribution in [2.24, 2.45) is 0 Å². The Kier molecular flexibility index (Phi) is 6.68. The lowest BCUT2D eigenvalue weighted by Crippen LogP contribution is -2.42. The Morgan fingerprint density at radius 1 is 1.33 bits per heavy atom. The molecule has 0 aromatic carbocycles. The summed E-state index contributed by atoms with van der Waals surface area (Å²) in [5, 5.41) is 0.258. The molecule has 0 aromatic rings. The van der Waals surface area contributed by atoms with Crippen molar-refractivity contribution < 1.29 is 23.9 Å². The van der Waals surface area contributed by atoms with Gasteiger partial charge in [0, 0.05) is 7.05 Å². The molecule has 0 N–H and O–H groups in total. The van der Waals surface area contributed by atoms with Crippen molar-refractivity contribution in [1.82, 2.24) is 9.80 Å². The van der Waals surface area contributed by atoms with Gasteiger partial charge in [-0.05, 0) is 39.8 Å². The summed E-state index contributed by atoms with van der Waals surface area (Å²) >= 11 is 1.35. The first-order valence-corrected chi connectivity index (χ1v) is 9.09. The average Bonchev–Trinajstić information content (AvgIpc) is 2.84. The lowest BCUT2D eigenvalue weighted by Gasteiger charge is -2.29. The number of amides is 1. The number of likely N-dealkylation sites (tertiary alicyclic amines) is 1. The zero-order chi connectivity index (χ0) is 17.7. The van der Waals surface area contributed by atoms with Crippen molar-refractivity contribution in [3.8, 4) is 0 Å². The van der Waals surface area contributed by atoms with E-state index >= 15 is 0 Å². The Morgan fingerprint density at radius 3 is 2.62 bits per heavy atom. The van der Waals surface area contributed by atoms with Crippen LogP contribution in [0, 0.1) is 0 Å². The van der Waals surface area contributed by atoms with Gasteiger partial charge in [-0.15, -0.1) is 0 Å². The van der Waals surface area contributed by atoms with Crippen molar-refractivity contribution in [3.63, 3.8) is 0 Å². The summed E-state index contributed by atoms with van der Waals surface area (Å²) in [6, 6.07) is 0. The zero-order valence-electron chi connectivity index (χ0n) is 14.3. The quantitative estimate of drug-likeness (QED) is 0.543. The molecule has 2 fully saturated rings. The molecule has 2 saturated heterocycles. The van der Waals surface area contributed by atoms with Crippen LogP contribution in [0.3, 0.4) is 0 Å². The highest BCUT2D eigenvalue weighted by Gasteiger charge is 2.39. The van der Waals surface area contributed by atoms with E-state index in [0.717, 1.165) is 25.9 Å². The maximum atomic E-state index is 12.4. The Morgan fingerprint density at radius 2 is 2.00 bits per heavy atom. The minimum absolute atomic E-state index is 0.0283. The molecule has 0 aromatic heterocycles. The van der Waals surface area contributed by atoms with Crippen LogP contribution in [0.25, 0.3) is 0 Å². The number of hydrogen-bond acceptors (Lipinski definition) is 7. The standard InChI is InChI=1S/C16H24N2O5S/c1-4-22-16(21)11(2)23-13(19)10-12-17(3)14(20)15(24-12)18-8-6-5-7-9-18/h10-11,15H,4-9H2,1-3H3/b12-10-/t11-,15?/m0/s1. The molecule has 134 valence electrons. The summed E-state index contributed by atoms with van der Waals surface area (Å²) in [4.78, 5) is 39.5. The monoisotopic (exact) mass is 356 g/mol. The summed E-state index contributed by atoms with van der Waals surface area (Å²) in [5.74, 6) is -1.27. The van der Waals surface area contributed by atoms with Crippen LogP contribution in [0.5, 0.6) is 0 Å². The topological polar surface area (TPSA) is 76.1 Å². The second-order valence-corrected chi connectivity index (χ2v) is 6.88. The number of carbonyl (C=O) groups is 3. The first-order valence-electron chi connectivity index (χ1n) is 8.21. The fourth-order valence-corrected chi connectivity index (χ4v) is 3.91. The van der Waals surface area contributed by atoms with Gasteiger partial charge < -0.3 is 14.4 Å². The summed E-state index contributed by atoms with van der Waals surface area (Å²) in [6.45, 7) is 5.17. The van der Waals surface area contributed by atoms with E-state index in [1.165, 1.54) is 36.1 Å². The number of esters is 2. The van der Waals surface area contributed by atoms with E-state index in [4.69, 9.17) is 9.47 Å². The molecule has 0 aliphatic carbocycles. The third kappa shape index (κ3) is 4.51. The maximum Gasteiger partial charge on any atom is 0.347 e. The molecule has 0 bridgehead atoms. The smallest absolute Gasteiger partial charge is 0.347 e. The van der Waals surface area contributed by atoms with Crippen LogP contribution in [-0.4, -0.2) is 65.9 Å². The highest BCUT2D eigenvalue weighted by molar-refractivity contribution is 8.04. The first kappa shape index (κ1) is 18.8. The molecule has 8 heteroatoms. The fraction of sp³-hybridized carbons (Fsp3) is 0.688. The number of nitrogens with zero attached hydrogens (tertiary/aromatic N) is 2. The van der Waals surface area contributed by atoms with Gasteiger partial charge in [-0.25, -0.2) is 9.59 Å². The molecule has 0 saturated carbocycles. The van der Waals surface area contributed by atoms with Crippen LogP contribution in [0.2, 0.25) is 0 Å². The molecule has 24 heavy (non-hydrogen) atoms. The lowest BCUT2D eigenvalue weighted by molar-refractivity contribution is -0.163. The minimum Gasteiger partial charge on any atom is -0.463 e. The molecule has 7 nitrogen and oxygen atoms in total. The van der Waals surface area contributed by atoms with Crippen molar-refractivity contribution in [3.05, 3.63) is 11.1 Å². The SMILES string of the molecule is CCOC(=O)[C@H](C)OC(=O)/C=C1\SC(N2CCCCC2)C(=O)N1C. The van der Waals surface area contributed by atoms with Crippen LogP contribution in [0.1, 0.15) is 33.1 Å². The molecular weight excluding hydrogens is 332 g/mol. The van der Waals surface area contributed by atoms with Gasteiger partial charge in [-0.2, -0.15) is 0 Å². The first-order chi connectivity index (χ1) is 11.4. The second kappa shape index (κ2) is 8.53. The molecule has 1 amide bonds. The van der Waals surface area contributed by atoms with Crippen molar-refractivity contribution in [1.29, 1.82) is 0 Å². The number of ether oxygens (including phenoxy) is 2. The Bertz CT molecular complexity index is 531. The van der Waals surface area contributed by atoms with Gasteiger partial charge in [-0.1, -0.05) is 18.2 Å². The molecular formula is C16H24N2O5S. The summed E-state index contributed by atoms with van der Waals surface area (Å²) in [5.41, 5.74) is 0. The second-order valence-electron chi connectivity index (χ2n) is 5.78. The predicted octanol–water partition coefficient (Wildman–Crippen LogP) is 1.34. The molecule has 1 unspecified atom stereocenters. The van der Waals surface area contributed by atoms with Crippen LogP contribution in [0.4, 0.5) is 0 Å². The fourth-order valence-electron chi connectivity index (χ4n) is 2.65. The largest absolute Gasteiger partial charge is 0.463 e. The number of hydrogen-bond donors (Lipinski definition) is 0. The van der Waals surface area contributed by atoms with Gasteiger partial charge >= 0.3 is 11.9 Å². The van der Waals surface area contributed by atoms with E-state index in [9.17, 15) is 14.4 Å². The molecule has 2 atom stereocenters. The highest BCUT2D eigenvalue weighted by Crippen LogP contribution is 2.36. The van der Waals surface area contributed by atoms with E-state index < -0.39 is 18.0 Å².